The lowest BCUT2D eigenvalue weighted by atomic mass is 9.90. The summed E-state index contributed by atoms with van der Waals surface area (Å²) in [6.07, 6.45) is 2.10. The maximum absolute atomic E-state index is 6.29. The van der Waals surface area contributed by atoms with E-state index in [2.05, 4.69) is 85.2 Å². The number of fused-ring (bicyclic) bond motifs is 7. The Morgan fingerprint density at radius 1 is 0.806 bits per heavy atom. The predicted octanol–water partition coefficient (Wildman–Crippen LogP) is 8.77. The van der Waals surface area contributed by atoms with Crippen LogP contribution in [0.4, 0.5) is 5.69 Å². The lowest BCUT2D eigenvalue weighted by molar-refractivity contribution is 0.669. The molecule has 1 aliphatic rings. The molecular formula is C32H22N2OS. The summed E-state index contributed by atoms with van der Waals surface area (Å²) in [5.74, 6) is 0. The third-order valence-electron chi connectivity index (χ3n) is 6.88. The Kier molecular flexibility index (Phi) is 4.47. The maximum atomic E-state index is 6.29. The number of para-hydroxylation sites is 2. The largest absolute Gasteiger partial charge is 0.456 e. The SMILES string of the molecule is C=C(N)/C1=C/c2sc3ccccc3c2C(=C)c2cccc(-c3ccc4oc5ccccc5c4c3)c2N1. The highest BCUT2D eigenvalue weighted by Gasteiger charge is 2.23. The van der Waals surface area contributed by atoms with Crippen molar-refractivity contribution in [3.8, 4) is 11.1 Å². The van der Waals surface area contributed by atoms with E-state index in [0.29, 0.717) is 5.70 Å². The van der Waals surface area contributed by atoms with Crippen LogP contribution in [0.1, 0.15) is 16.0 Å². The Balaban J connectivity index is 1.49. The number of thiophene rings is 1. The molecule has 0 saturated heterocycles. The van der Waals surface area contributed by atoms with E-state index in [4.69, 9.17) is 10.2 Å². The summed E-state index contributed by atoms with van der Waals surface area (Å²) < 4.78 is 7.28. The zero-order valence-corrected chi connectivity index (χ0v) is 20.3. The normalized spacial score (nSPS) is 14.6. The summed E-state index contributed by atoms with van der Waals surface area (Å²) in [5, 5.41) is 7.02. The number of hydrogen-bond donors (Lipinski definition) is 2. The Morgan fingerprint density at radius 2 is 1.56 bits per heavy atom. The van der Waals surface area contributed by atoms with E-state index in [-0.39, 0.29) is 0 Å². The third-order valence-corrected chi connectivity index (χ3v) is 8.00. The second kappa shape index (κ2) is 7.74. The molecule has 3 N–H and O–H groups in total. The molecule has 0 saturated carbocycles. The van der Waals surface area contributed by atoms with Gasteiger partial charge in [0.2, 0.25) is 0 Å². The van der Waals surface area contributed by atoms with Crippen LogP contribution in [0.2, 0.25) is 0 Å². The number of hydrogen-bond acceptors (Lipinski definition) is 4. The average Bonchev–Trinajstić information content (AvgIpc) is 3.44. The molecule has 0 amide bonds. The van der Waals surface area contributed by atoms with Crippen molar-refractivity contribution in [2.24, 2.45) is 5.73 Å². The van der Waals surface area contributed by atoms with Crippen molar-refractivity contribution in [1.29, 1.82) is 0 Å². The van der Waals surface area contributed by atoms with Gasteiger partial charge < -0.3 is 15.5 Å². The van der Waals surface area contributed by atoms with Gasteiger partial charge in [0.1, 0.15) is 11.2 Å². The molecule has 0 fully saturated rings. The Bertz CT molecular complexity index is 1920. The van der Waals surface area contributed by atoms with Crippen LogP contribution < -0.4 is 11.1 Å². The molecule has 0 atom stereocenters. The smallest absolute Gasteiger partial charge is 0.135 e. The van der Waals surface area contributed by atoms with Crippen molar-refractivity contribution in [1.82, 2.24) is 0 Å². The summed E-state index contributed by atoms with van der Waals surface area (Å²) in [4.78, 5) is 1.12. The molecule has 0 aliphatic carbocycles. The second-order valence-electron chi connectivity index (χ2n) is 9.06. The number of benzene rings is 4. The van der Waals surface area contributed by atoms with Gasteiger partial charge in [-0.1, -0.05) is 73.8 Å². The van der Waals surface area contributed by atoms with E-state index in [1.807, 2.05) is 24.3 Å². The minimum Gasteiger partial charge on any atom is -0.456 e. The van der Waals surface area contributed by atoms with Crippen LogP contribution in [0.3, 0.4) is 0 Å². The summed E-state index contributed by atoms with van der Waals surface area (Å²) in [7, 11) is 0. The molecule has 3 heterocycles. The first-order valence-corrected chi connectivity index (χ1v) is 12.6. The van der Waals surface area contributed by atoms with Crippen LogP contribution in [0, 0.1) is 0 Å². The van der Waals surface area contributed by atoms with Gasteiger partial charge in [-0.25, -0.2) is 0 Å². The highest BCUT2D eigenvalue weighted by Crippen LogP contribution is 2.45. The second-order valence-corrected chi connectivity index (χ2v) is 10.1. The van der Waals surface area contributed by atoms with E-state index in [9.17, 15) is 0 Å². The molecule has 2 aromatic heterocycles. The van der Waals surface area contributed by atoms with E-state index in [1.54, 1.807) is 11.3 Å². The molecule has 172 valence electrons. The predicted molar refractivity (Wildman–Crippen MR) is 154 cm³/mol. The highest BCUT2D eigenvalue weighted by atomic mass is 32.1. The molecule has 4 aromatic carbocycles. The fraction of sp³-hybridized carbons (Fsp3) is 0. The van der Waals surface area contributed by atoms with Gasteiger partial charge in [-0.2, -0.15) is 0 Å². The third kappa shape index (κ3) is 3.05. The number of rotatable bonds is 2. The molecule has 6 aromatic rings. The standard InChI is InChI=1S/C32H22N2OS/c1-18-21-10-7-11-22(20-14-15-28-25(16-20)23-8-3-5-12-27(23)35-28)32(21)34-26(19(2)33)17-30-31(18)24-9-4-6-13-29(24)36-30/h3-17,34H,1-2,33H2/b26-17-. The van der Waals surface area contributed by atoms with Crippen LogP contribution in [0.5, 0.6) is 0 Å². The molecule has 4 heteroatoms. The van der Waals surface area contributed by atoms with Gasteiger partial charge in [-0.15, -0.1) is 11.3 Å². The summed E-state index contributed by atoms with van der Waals surface area (Å²) >= 11 is 1.74. The van der Waals surface area contributed by atoms with Crippen molar-refractivity contribution in [2.75, 3.05) is 5.32 Å². The lowest BCUT2D eigenvalue weighted by Gasteiger charge is -2.23. The minimum atomic E-state index is 0.489. The Hall–Kier alpha value is -4.54. The summed E-state index contributed by atoms with van der Waals surface area (Å²) in [5.41, 5.74) is 15.6. The van der Waals surface area contributed by atoms with Gasteiger partial charge in [-0.05, 0) is 41.5 Å². The average molecular weight is 483 g/mol. The monoisotopic (exact) mass is 482 g/mol. The highest BCUT2D eigenvalue weighted by molar-refractivity contribution is 7.20. The van der Waals surface area contributed by atoms with Crippen LogP contribution in [0.25, 0.3) is 54.8 Å². The van der Waals surface area contributed by atoms with Crippen LogP contribution in [0.15, 0.2) is 114 Å². The lowest BCUT2D eigenvalue weighted by Crippen LogP contribution is -2.12. The summed E-state index contributed by atoms with van der Waals surface area (Å²) in [6, 6.07) is 29.3. The zero-order valence-electron chi connectivity index (χ0n) is 19.5. The quantitative estimate of drug-likeness (QED) is 0.259. The number of nitrogens with one attached hydrogen (secondary N) is 1. The molecule has 7 rings (SSSR count). The van der Waals surface area contributed by atoms with E-state index < -0.39 is 0 Å². The number of nitrogens with two attached hydrogens (primary N) is 1. The molecule has 36 heavy (non-hydrogen) atoms. The molecule has 0 spiro atoms. The van der Waals surface area contributed by atoms with Crippen LogP contribution in [-0.4, -0.2) is 0 Å². The minimum absolute atomic E-state index is 0.489. The van der Waals surface area contributed by atoms with Crippen molar-refractivity contribution in [2.45, 2.75) is 0 Å². The van der Waals surface area contributed by atoms with Crippen molar-refractivity contribution in [3.63, 3.8) is 0 Å². The molecule has 1 aliphatic heterocycles. The van der Waals surface area contributed by atoms with E-state index in [0.717, 1.165) is 66.0 Å². The molecule has 0 radical (unpaired) electrons. The van der Waals surface area contributed by atoms with Crippen molar-refractivity contribution in [3.05, 3.63) is 125 Å². The molecule has 0 unspecified atom stereocenters. The van der Waals surface area contributed by atoms with Crippen molar-refractivity contribution >= 4 is 60.7 Å². The van der Waals surface area contributed by atoms with Gasteiger partial charge in [-0.3, -0.25) is 0 Å². The van der Waals surface area contributed by atoms with Gasteiger partial charge in [0.05, 0.1) is 11.4 Å². The molecular weight excluding hydrogens is 460 g/mol. The fourth-order valence-corrected chi connectivity index (χ4v) is 6.34. The first-order valence-electron chi connectivity index (χ1n) is 11.8. The Morgan fingerprint density at radius 3 is 2.42 bits per heavy atom. The van der Waals surface area contributed by atoms with Crippen molar-refractivity contribution < 1.29 is 4.42 Å². The first kappa shape index (κ1) is 20.8. The molecule has 0 bridgehead atoms. The number of anilines is 1. The topological polar surface area (TPSA) is 51.2 Å². The fourth-order valence-electron chi connectivity index (χ4n) is 5.16. The molecule has 3 nitrogen and oxygen atoms in total. The number of furan rings is 1. The van der Waals surface area contributed by atoms with Crippen LogP contribution in [-0.2, 0) is 0 Å². The Labute approximate surface area is 212 Å². The van der Waals surface area contributed by atoms with E-state index >= 15 is 0 Å². The maximum Gasteiger partial charge on any atom is 0.135 e. The summed E-state index contributed by atoms with van der Waals surface area (Å²) in [6.45, 7) is 8.63. The van der Waals surface area contributed by atoms with Gasteiger partial charge >= 0.3 is 0 Å². The van der Waals surface area contributed by atoms with Gasteiger partial charge in [0.25, 0.3) is 0 Å². The van der Waals surface area contributed by atoms with Crippen LogP contribution >= 0.6 is 11.3 Å². The zero-order chi connectivity index (χ0) is 24.4. The van der Waals surface area contributed by atoms with Gasteiger partial charge in [0.15, 0.2) is 0 Å². The first-order chi connectivity index (χ1) is 17.6. The van der Waals surface area contributed by atoms with Gasteiger partial charge in [0, 0.05) is 48.1 Å². The van der Waals surface area contributed by atoms with E-state index in [1.165, 1.54) is 10.1 Å².